The summed E-state index contributed by atoms with van der Waals surface area (Å²) in [5, 5.41) is 7.45. The Kier molecular flexibility index (Phi) is 6.20. The van der Waals surface area contributed by atoms with Gasteiger partial charge in [-0.05, 0) is 62.0 Å². The van der Waals surface area contributed by atoms with Crippen LogP contribution in [0.15, 0.2) is 60.8 Å². The van der Waals surface area contributed by atoms with Crippen molar-refractivity contribution in [3.05, 3.63) is 77.1 Å². The maximum Gasteiger partial charge on any atom is 0.126 e. The Hall–Kier alpha value is -2.43. The topological polar surface area (TPSA) is 49.8 Å². The van der Waals surface area contributed by atoms with Crippen molar-refractivity contribution < 1.29 is 0 Å². The highest BCUT2D eigenvalue weighted by molar-refractivity contribution is 6.33. The first kappa shape index (κ1) is 18.9. The minimum absolute atomic E-state index is 0.641. The lowest BCUT2D eigenvalue weighted by Gasteiger charge is -2.22. The van der Waals surface area contributed by atoms with Crippen molar-refractivity contribution in [2.24, 2.45) is 5.92 Å². The zero-order valence-electron chi connectivity index (χ0n) is 15.9. The van der Waals surface area contributed by atoms with Crippen molar-refractivity contribution in [1.82, 2.24) is 15.3 Å². The number of halogens is 1. The predicted octanol–water partition coefficient (Wildman–Crippen LogP) is 4.95. The van der Waals surface area contributed by atoms with E-state index in [1.807, 2.05) is 36.4 Å². The number of hydrogen-bond donors (Lipinski definition) is 2. The van der Waals surface area contributed by atoms with Crippen LogP contribution in [0, 0.1) is 5.92 Å². The molecular weight excluding hydrogens is 368 g/mol. The molecule has 1 aliphatic rings. The van der Waals surface area contributed by atoms with Crippen molar-refractivity contribution in [1.29, 1.82) is 0 Å². The zero-order chi connectivity index (χ0) is 19.2. The van der Waals surface area contributed by atoms with Crippen molar-refractivity contribution in [2.45, 2.75) is 25.8 Å². The number of pyridine rings is 2. The van der Waals surface area contributed by atoms with Crippen LogP contribution in [0.4, 0.5) is 5.82 Å². The maximum atomic E-state index is 6.47. The van der Waals surface area contributed by atoms with Crippen LogP contribution in [0.3, 0.4) is 0 Å². The van der Waals surface area contributed by atoms with Crippen LogP contribution in [0.5, 0.6) is 0 Å². The molecule has 28 heavy (non-hydrogen) atoms. The van der Waals surface area contributed by atoms with Gasteiger partial charge in [-0.25, -0.2) is 4.98 Å². The molecule has 0 unspecified atom stereocenters. The van der Waals surface area contributed by atoms with E-state index in [4.69, 9.17) is 16.6 Å². The fraction of sp³-hybridized carbons (Fsp3) is 0.304. The second-order valence-electron chi connectivity index (χ2n) is 7.30. The van der Waals surface area contributed by atoms with Crippen LogP contribution >= 0.6 is 11.6 Å². The molecule has 1 saturated heterocycles. The second-order valence-corrected chi connectivity index (χ2v) is 7.71. The summed E-state index contributed by atoms with van der Waals surface area (Å²) in [6.07, 6.45) is 5.17. The average Bonchev–Trinajstić information content (AvgIpc) is 2.75. The number of aromatic nitrogens is 2. The summed E-state index contributed by atoms with van der Waals surface area (Å²) < 4.78 is 0. The molecule has 0 atom stereocenters. The highest BCUT2D eigenvalue weighted by Gasteiger charge is 2.16. The summed E-state index contributed by atoms with van der Waals surface area (Å²) in [5.41, 5.74) is 4.14. The van der Waals surface area contributed by atoms with Gasteiger partial charge < -0.3 is 10.6 Å². The Labute approximate surface area is 171 Å². The van der Waals surface area contributed by atoms with Gasteiger partial charge in [0.05, 0.1) is 10.7 Å². The van der Waals surface area contributed by atoms with Crippen molar-refractivity contribution in [2.75, 3.05) is 18.4 Å². The molecular formula is C23H25ClN4. The van der Waals surface area contributed by atoms with Crippen molar-refractivity contribution in [3.8, 4) is 11.3 Å². The minimum Gasteiger partial charge on any atom is -0.366 e. The van der Waals surface area contributed by atoms with E-state index >= 15 is 0 Å². The molecule has 4 nitrogen and oxygen atoms in total. The highest BCUT2D eigenvalue weighted by atomic mass is 35.5. The molecule has 0 bridgehead atoms. The van der Waals surface area contributed by atoms with Gasteiger partial charge in [-0.2, -0.15) is 0 Å². The Bertz CT molecular complexity index is 907. The van der Waals surface area contributed by atoms with Gasteiger partial charge in [-0.15, -0.1) is 0 Å². The first-order chi connectivity index (χ1) is 13.8. The molecule has 1 fully saturated rings. The Balaban J connectivity index is 1.50. The van der Waals surface area contributed by atoms with Crippen molar-refractivity contribution >= 4 is 17.4 Å². The largest absolute Gasteiger partial charge is 0.366 e. The first-order valence-electron chi connectivity index (χ1n) is 9.88. The van der Waals surface area contributed by atoms with Crippen molar-refractivity contribution in [3.63, 3.8) is 0 Å². The SMILES string of the molecule is Clc1cnc(CC2CCNCC2)cc1-c1cccc(NCc2ccccc2)n1. The van der Waals surface area contributed by atoms with Crippen LogP contribution < -0.4 is 10.6 Å². The van der Waals surface area contributed by atoms with Gasteiger partial charge in [-0.1, -0.05) is 48.0 Å². The number of hydrogen-bond acceptors (Lipinski definition) is 4. The molecule has 3 aromatic rings. The summed E-state index contributed by atoms with van der Waals surface area (Å²) in [6, 6.07) is 18.4. The van der Waals surface area contributed by atoms with E-state index in [1.54, 1.807) is 6.20 Å². The molecule has 2 N–H and O–H groups in total. The Morgan fingerprint density at radius 1 is 1.04 bits per heavy atom. The molecule has 0 radical (unpaired) electrons. The number of nitrogens with one attached hydrogen (secondary N) is 2. The lowest BCUT2D eigenvalue weighted by atomic mass is 9.92. The molecule has 144 valence electrons. The molecule has 0 aliphatic carbocycles. The monoisotopic (exact) mass is 392 g/mol. The van der Waals surface area contributed by atoms with Gasteiger partial charge in [0.25, 0.3) is 0 Å². The lowest BCUT2D eigenvalue weighted by molar-refractivity contribution is 0.370. The quantitative estimate of drug-likeness (QED) is 0.623. The fourth-order valence-electron chi connectivity index (χ4n) is 3.64. The van der Waals surface area contributed by atoms with Crippen LogP contribution in [-0.2, 0) is 13.0 Å². The van der Waals surface area contributed by atoms with E-state index in [0.29, 0.717) is 10.9 Å². The normalized spacial score (nSPS) is 14.8. The Morgan fingerprint density at radius 3 is 2.68 bits per heavy atom. The Morgan fingerprint density at radius 2 is 1.86 bits per heavy atom. The van der Waals surface area contributed by atoms with Gasteiger partial charge in [0.2, 0.25) is 0 Å². The number of rotatable bonds is 6. The number of nitrogens with zero attached hydrogens (tertiary/aromatic N) is 2. The first-order valence-corrected chi connectivity index (χ1v) is 10.3. The van der Waals surface area contributed by atoms with Crippen LogP contribution in [0.1, 0.15) is 24.1 Å². The van der Waals surface area contributed by atoms with E-state index in [1.165, 1.54) is 18.4 Å². The second kappa shape index (κ2) is 9.18. The molecule has 1 aliphatic heterocycles. The molecule has 0 amide bonds. The molecule has 1 aromatic carbocycles. The van der Waals surface area contributed by atoms with E-state index in [2.05, 4.69) is 33.8 Å². The molecule has 2 aromatic heterocycles. The third kappa shape index (κ3) is 4.89. The van der Waals surface area contributed by atoms with Crippen LogP contribution in [0.2, 0.25) is 5.02 Å². The number of anilines is 1. The summed E-state index contributed by atoms with van der Waals surface area (Å²) in [7, 11) is 0. The van der Waals surface area contributed by atoms with Gasteiger partial charge >= 0.3 is 0 Å². The summed E-state index contributed by atoms with van der Waals surface area (Å²) in [6.45, 7) is 2.94. The van der Waals surface area contributed by atoms with Crippen LogP contribution in [0.25, 0.3) is 11.3 Å². The van der Waals surface area contributed by atoms with E-state index < -0.39 is 0 Å². The molecule has 4 rings (SSSR count). The van der Waals surface area contributed by atoms with Gasteiger partial charge in [0.15, 0.2) is 0 Å². The summed E-state index contributed by atoms with van der Waals surface area (Å²) >= 11 is 6.47. The highest BCUT2D eigenvalue weighted by Crippen LogP contribution is 2.29. The lowest BCUT2D eigenvalue weighted by Crippen LogP contribution is -2.28. The zero-order valence-corrected chi connectivity index (χ0v) is 16.6. The van der Waals surface area contributed by atoms with E-state index in [9.17, 15) is 0 Å². The summed E-state index contributed by atoms with van der Waals surface area (Å²) in [4.78, 5) is 9.33. The molecule has 5 heteroatoms. The third-order valence-corrected chi connectivity index (χ3v) is 5.51. The smallest absolute Gasteiger partial charge is 0.126 e. The standard InChI is InChI=1S/C23H25ClN4/c24-21-16-26-19(13-17-9-11-25-12-10-17)14-20(21)22-7-4-8-23(28-22)27-15-18-5-2-1-3-6-18/h1-8,14,16-17,25H,9-13,15H2,(H,27,28). The predicted molar refractivity (Wildman–Crippen MR) is 116 cm³/mol. The van der Waals surface area contributed by atoms with E-state index in [0.717, 1.165) is 48.8 Å². The molecule has 0 saturated carbocycles. The third-order valence-electron chi connectivity index (χ3n) is 5.21. The number of benzene rings is 1. The van der Waals surface area contributed by atoms with Gasteiger partial charge in [-0.3, -0.25) is 4.98 Å². The number of piperidine rings is 1. The average molecular weight is 393 g/mol. The molecule has 3 heterocycles. The minimum atomic E-state index is 0.641. The fourth-order valence-corrected chi connectivity index (χ4v) is 3.84. The maximum absolute atomic E-state index is 6.47. The van der Waals surface area contributed by atoms with Gasteiger partial charge in [0, 0.05) is 24.0 Å². The van der Waals surface area contributed by atoms with E-state index in [-0.39, 0.29) is 0 Å². The summed E-state index contributed by atoms with van der Waals surface area (Å²) in [5.74, 6) is 1.53. The van der Waals surface area contributed by atoms with Crippen LogP contribution in [-0.4, -0.2) is 23.1 Å². The molecule has 0 spiro atoms. The van der Waals surface area contributed by atoms with Gasteiger partial charge in [0.1, 0.15) is 5.82 Å².